The minimum Gasteiger partial charge on any atom is -0.454 e. The molecule has 1 aliphatic rings. The van der Waals surface area contributed by atoms with E-state index in [2.05, 4.69) is 0 Å². The molecule has 0 bridgehead atoms. The molecular formula is C30H21NO5. The number of ether oxygens (including phenoxy) is 1. The van der Waals surface area contributed by atoms with Crippen molar-refractivity contribution in [1.82, 2.24) is 0 Å². The summed E-state index contributed by atoms with van der Waals surface area (Å²) in [5.41, 5.74) is 4.14. The van der Waals surface area contributed by atoms with Gasteiger partial charge in [-0.2, -0.15) is 0 Å². The van der Waals surface area contributed by atoms with Crippen LogP contribution in [0.15, 0.2) is 97.1 Å². The fourth-order valence-corrected chi connectivity index (χ4v) is 4.18. The van der Waals surface area contributed by atoms with Gasteiger partial charge in [-0.25, -0.2) is 9.69 Å². The van der Waals surface area contributed by atoms with Crippen LogP contribution in [0.3, 0.4) is 0 Å². The summed E-state index contributed by atoms with van der Waals surface area (Å²) in [5, 5.41) is 0. The Morgan fingerprint density at radius 3 is 2.03 bits per heavy atom. The monoisotopic (exact) mass is 475 g/mol. The number of esters is 1. The first-order valence-electron chi connectivity index (χ1n) is 11.4. The molecule has 0 spiro atoms. The summed E-state index contributed by atoms with van der Waals surface area (Å²) < 4.78 is 5.21. The van der Waals surface area contributed by atoms with E-state index in [-0.39, 0.29) is 22.5 Å². The maximum Gasteiger partial charge on any atom is 0.338 e. The number of benzene rings is 4. The van der Waals surface area contributed by atoms with Crippen LogP contribution >= 0.6 is 0 Å². The van der Waals surface area contributed by atoms with E-state index in [9.17, 15) is 19.2 Å². The minimum absolute atomic E-state index is 0.0914. The van der Waals surface area contributed by atoms with Crippen LogP contribution in [-0.4, -0.2) is 30.2 Å². The number of ketones is 1. The third-order valence-electron chi connectivity index (χ3n) is 6.13. The molecule has 0 aliphatic carbocycles. The van der Waals surface area contributed by atoms with Gasteiger partial charge in [0.15, 0.2) is 12.4 Å². The molecule has 36 heavy (non-hydrogen) atoms. The van der Waals surface area contributed by atoms with Crippen molar-refractivity contribution in [2.45, 2.75) is 6.92 Å². The van der Waals surface area contributed by atoms with Gasteiger partial charge in [-0.15, -0.1) is 0 Å². The van der Waals surface area contributed by atoms with Crippen molar-refractivity contribution in [3.05, 3.63) is 125 Å². The first-order chi connectivity index (χ1) is 17.4. The number of rotatable bonds is 6. The highest BCUT2D eigenvalue weighted by molar-refractivity contribution is 6.35. The number of Topliss-reactive ketones (excluding diaryl/α,β-unsaturated/α-hetero) is 1. The molecule has 1 heterocycles. The lowest BCUT2D eigenvalue weighted by molar-refractivity contribution is 0.0474. The van der Waals surface area contributed by atoms with Crippen LogP contribution in [0.25, 0.3) is 11.1 Å². The molecule has 2 amide bonds. The largest absolute Gasteiger partial charge is 0.454 e. The Morgan fingerprint density at radius 1 is 0.694 bits per heavy atom. The zero-order chi connectivity index (χ0) is 25.2. The molecule has 0 aromatic heterocycles. The normalized spacial score (nSPS) is 12.4. The third-order valence-corrected chi connectivity index (χ3v) is 6.13. The second-order valence-corrected chi connectivity index (χ2v) is 8.44. The van der Waals surface area contributed by atoms with Gasteiger partial charge in [0.2, 0.25) is 0 Å². The van der Waals surface area contributed by atoms with Crippen molar-refractivity contribution in [3.8, 4) is 11.1 Å². The van der Waals surface area contributed by atoms with E-state index < -0.39 is 24.4 Å². The average molecular weight is 476 g/mol. The summed E-state index contributed by atoms with van der Waals surface area (Å²) in [5.74, 6) is -2.05. The van der Waals surface area contributed by atoms with Crippen LogP contribution in [0.2, 0.25) is 0 Å². The zero-order valence-electron chi connectivity index (χ0n) is 19.4. The van der Waals surface area contributed by atoms with Crippen LogP contribution < -0.4 is 4.90 Å². The van der Waals surface area contributed by atoms with Gasteiger partial charge in [-0.3, -0.25) is 14.4 Å². The molecule has 6 nitrogen and oxygen atoms in total. The van der Waals surface area contributed by atoms with Crippen molar-refractivity contribution in [2.75, 3.05) is 11.5 Å². The van der Waals surface area contributed by atoms with Crippen molar-refractivity contribution in [3.63, 3.8) is 0 Å². The number of carbonyl (C=O) groups is 4. The van der Waals surface area contributed by atoms with E-state index in [0.717, 1.165) is 21.6 Å². The Morgan fingerprint density at radius 2 is 1.31 bits per heavy atom. The Bertz CT molecular complexity index is 1510. The molecule has 0 saturated carbocycles. The Kier molecular flexibility index (Phi) is 6.00. The summed E-state index contributed by atoms with van der Waals surface area (Å²) in [6.07, 6.45) is 0. The number of nitrogens with zero attached hydrogens (tertiary/aromatic N) is 1. The number of anilines is 1. The predicted molar refractivity (Wildman–Crippen MR) is 135 cm³/mol. The highest BCUT2D eigenvalue weighted by Crippen LogP contribution is 2.31. The minimum atomic E-state index is -0.748. The van der Waals surface area contributed by atoms with Gasteiger partial charge in [0.25, 0.3) is 11.8 Å². The maximum absolute atomic E-state index is 13.0. The second-order valence-electron chi connectivity index (χ2n) is 8.44. The van der Waals surface area contributed by atoms with Gasteiger partial charge < -0.3 is 4.74 Å². The number of aryl methyl sites for hydroxylation is 1. The molecule has 176 valence electrons. The predicted octanol–water partition coefficient (Wildman–Crippen LogP) is 5.50. The van der Waals surface area contributed by atoms with E-state index in [0.29, 0.717) is 11.3 Å². The highest BCUT2D eigenvalue weighted by Gasteiger charge is 2.37. The van der Waals surface area contributed by atoms with Crippen LogP contribution in [-0.2, 0) is 4.74 Å². The quantitative estimate of drug-likeness (QED) is 0.209. The van der Waals surface area contributed by atoms with Gasteiger partial charge in [-0.1, -0.05) is 72.8 Å². The molecule has 1 aliphatic heterocycles. The summed E-state index contributed by atoms with van der Waals surface area (Å²) in [6, 6.07) is 28.1. The molecule has 5 rings (SSSR count). The first-order valence-corrected chi connectivity index (χ1v) is 11.4. The maximum atomic E-state index is 13.0. The first kappa shape index (κ1) is 22.9. The number of para-hydroxylation sites is 1. The van der Waals surface area contributed by atoms with Gasteiger partial charge >= 0.3 is 5.97 Å². The molecule has 0 radical (unpaired) electrons. The molecule has 0 atom stereocenters. The van der Waals surface area contributed by atoms with E-state index in [1.54, 1.807) is 24.3 Å². The van der Waals surface area contributed by atoms with Crippen molar-refractivity contribution >= 4 is 29.3 Å². The lowest BCUT2D eigenvalue weighted by Crippen LogP contribution is -2.29. The van der Waals surface area contributed by atoms with Gasteiger partial charge in [0.05, 0.1) is 22.4 Å². The van der Waals surface area contributed by atoms with Gasteiger partial charge in [-0.05, 0) is 47.9 Å². The van der Waals surface area contributed by atoms with E-state index in [1.807, 2.05) is 61.5 Å². The van der Waals surface area contributed by atoms with Crippen molar-refractivity contribution in [2.24, 2.45) is 0 Å². The molecule has 4 aromatic rings. The van der Waals surface area contributed by atoms with E-state index in [1.165, 1.54) is 18.2 Å². The third kappa shape index (κ3) is 4.20. The fourth-order valence-electron chi connectivity index (χ4n) is 4.18. The molecule has 0 N–H and O–H groups in total. The number of fused-ring (bicyclic) bond motifs is 1. The molecule has 4 aromatic carbocycles. The number of imide groups is 1. The SMILES string of the molecule is Cc1ccccc1N1C(=O)c2ccc(C(=O)OCC(=O)c3ccc(-c4ccccc4)cc3)cc2C1=O. The molecule has 0 fully saturated rings. The van der Waals surface area contributed by atoms with E-state index >= 15 is 0 Å². The summed E-state index contributed by atoms with van der Waals surface area (Å²) in [7, 11) is 0. The van der Waals surface area contributed by atoms with E-state index in [4.69, 9.17) is 4.74 Å². The lowest BCUT2D eigenvalue weighted by atomic mass is 10.0. The molecular weight excluding hydrogens is 454 g/mol. The summed E-state index contributed by atoms with van der Waals surface area (Å²) in [6.45, 7) is 1.37. The number of hydrogen-bond acceptors (Lipinski definition) is 5. The smallest absolute Gasteiger partial charge is 0.338 e. The standard InChI is InChI=1S/C30H21NO5/c1-19-7-5-6-10-26(19)31-28(33)24-16-15-23(17-25(24)29(31)34)30(35)36-18-27(32)22-13-11-21(12-14-22)20-8-3-2-4-9-20/h2-17H,18H2,1H3. The fraction of sp³-hybridized carbons (Fsp3) is 0.0667. The number of carbonyl (C=O) groups excluding carboxylic acids is 4. The van der Waals surface area contributed by atoms with Crippen molar-refractivity contribution < 1.29 is 23.9 Å². The van der Waals surface area contributed by atoms with Gasteiger partial charge in [0, 0.05) is 5.56 Å². The molecule has 6 heteroatoms. The summed E-state index contributed by atoms with van der Waals surface area (Å²) in [4.78, 5) is 52.2. The second kappa shape index (κ2) is 9.43. The van der Waals surface area contributed by atoms with Crippen molar-refractivity contribution in [1.29, 1.82) is 0 Å². The average Bonchev–Trinajstić information content (AvgIpc) is 3.17. The topological polar surface area (TPSA) is 80.8 Å². The molecule has 0 saturated heterocycles. The van der Waals surface area contributed by atoms with Crippen LogP contribution in [0, 0.1) is 6.92 Å². The van der Waals surface area contributed by atoms with Crippen LogP contribution in [0.4, 0.5) is 5.69 Å². The lowest BCUT2D eigenvalue weighted by Gasteiger charge is -2.16. The van der Waals surface area contributed by atoms with Crippen LogP contribution in [0.5, 0.6) is 0 Å². The zero-order valence-corrected chi connectivity index (χ0v) is 19.4. The number of hydrogen-bond donors (Lipinski definition) is 0. The highest BCUT2D eigenvalue weighted by atomic mass is 16.5. The van der Waals surface area contributed by atoms with Gasteiger partial charge in [0.1, 0.15) is 0 Å². The Hall–Kier alpha value is -4.84. The number of amides is 2. The molecule has 0 unspecified atom stereocenters. The summed E-state index contributed by atoms with van der Waals surface area (Å²) >= 11 is 0. The Balaban J connectivity index is 1.27. The van der Waals surface area contributed by atoms with Crippen LogP contribution in [0.1, 0.15) is 47.0 Å². The Labute approximate surface area is 207 Å².